The van der Waals surface area contributed by atoms with Gasteiger partial charge in [-0.05, 0) is 47.4 Å². The molecule has 0 radical (unpaired) electrons. The van der Waals surface area contributed by atoms with Crippen LogP contribution >= 0.6 is 11.8 Å². The van der Waals surface area contributed by atoms with Crippen LogP contribution in [0, 0.1) is 12.3 Å². The van der Waals surface area contributed by atoms with Crippen LogP contribution < -0.4 is 10.4 Å². The second-order valence-electron chi connectivity index (χ2n) is 6.47. The fourth-order valence-electron chi connectivity index (χ4n) is 3.04. The smallest absolute Gasteiger partial charge is 0.243 e. The SMILES string of the molecule is CSc1ccccc1-n1ccc(OCc2c(C)cccc2-n2nnn(C)c2=N)n1. The van der Waals surface area contributed by atoms with Crippen LogP contribution in [0.5, 0.6) is 5.88 Å². The Kier molecular flexibility index (Phi) is 5.22. The molecule has 9 heteroatoms. The highest BCUT2D eigenvalue weighted by Gasteiger charge is 2.13. The Morgan fingerprint density at radius 1 is 1.03 bits per heavy atom. The van der Waals surface area contributed by atoms with Crippen molar-refractivity contribution in [1.82, 2.24) is 29.6 Å². The van der Waals surface area contributed by atoms with Crippen molar-refractivity contribution in [3.8, 4) is 17.3 Å². The van der Waals surface area contributed by atoms with E-state index in [9.17, 15) is 0 Å². The zero-order valence-corrected chi connectivity index (χ0v) is 17.2. The van der Waals surface area contributed by atoms with Gasteiger partial charge in [-0.15, -0.1) is 16.9 Å². The van der Waals surface area contributed by atoms with E-state index in [4.69, 9.17) is 10.1 Å². The lowest BCUT2D eigenvalue weighted by Gasteiger charge is -2.12. The molecule has 0 aliphatic rings. The van der Waals surface area contributed by atoms with E-state index in [1.165, 1.54) is 9.36 Å². The van der Waals surface area contributed by atoms with E-state index in [1.807, 2.05) is 66.5 Å². The fraction of sp³-hybridized carbons (Fsp3) is 0.200. The van der Waals surface area contributed by atoms with Crippen LogP contribution in [-0.2, 0) is 13.7 Å². The van der Waals surface area contributed by atoms with Gasteiger partial charge in [-0.2, -0.15) is 4.68 Å². The summed E-state index contributed by atoms with van der Waals surface area (Å²) in [5.41, 5.74) is 3.96. The number of ether oxygens (including phenoxy) is 1. The first-order chi connectivity index (χ1) is 14.1. The van der Waals surface area contributed by atoms with Crippen molar-refractivity contribution in [1.29, 1.82) is 5.41 Å². The number of thioether (sulfide) groups is 1. The molecule has 4 rings (SSSR count). The van der Waals surface area contributed by atoms with E-state index < -0.39 is 0 Å². The Bertz CT molecular complexity index is 1210. The molecule has 0 amide bonds. The number of aromatic nitrogens is 6. The normalized spacial score (nSPS) is 11.0. The first kappa shape index (κ1) is 19.0. The van der Waals surface area contributed by atoms with Crippen LogP contribution in [0.15, 0.2) is 59.6 Å². The monoisotopic (exact) mass is 407 g/mol. The van der Waals surface area contributed by atoms with E-state index in [0.717, 1.165) is 27.4 Å². The summed E-state index contributed by atoms with van der Waals surface area (Å²) in [5.74, 6) is 0.533. The maximum atomic E-state index is 8.16. The van der Waals surface area contributed by atoms with Gasteiger partial charge in [-0.1, -0.05) is 24.3 Å². The van der Waals surface area contributed by atoms with Gasteiger partial charge >= 0.3 is 0 Å². The van der Waals surface area contributed by atoms with Gasteiger partial charge in [0.25, 0.3) is 0 Å². The highest BCUT2D eigenvalue weighted by Crippen LogP contribution is 2.25. The summed E-state index contributed by atoms with van der Waals surface area (Å²) in [5, 5.41) is 20.7. The molecule has 0 saturated carbocycles. The molecule has 0 atom stereocenters. The minimum absolute atomic E-state index is 0.190. The molecule has 29 heavy (non-hydrogen) atoms. The van der Waals surface area contributed by atoms with Gasteiger partial charge in [-0.3, -0.25) is 5.41 Å². The molecule has 8 nitrogen and oxygen atoms in total. The van der Waals surface area contributed by atoms with Gasteiger partial charge in [0.2, 0.25) is 11.5 Å². The summed E-state index contributed by atoms with van der Waals surface area (Å²) in [6.45, 7) is 2.32. The van der Waals surface area contributed by atoms with Crippen molar-refractivity contribution in [2.24, 2.45) is 7.05 Å². The summed E-state index contributed by atoms with van der Waals surface area (Å²) < 4.78 is 10.7. The number of para-hydroxylation sites is 1. The van der Waals surface area contributed by atoms with E-state index in [1.54, 1.807) is 18.8 Å². The topological polar surface area (TPSA) is 86.5 Å². The first-order valence-corrected chi connectivity index (χ1v) is 10.3. The molecule has 0 fully saturated rings. The Balaban J connectivity index is 1.60. The standard InChI is InChI=1S/C20H21N7OS/c1-14-7-6-9-16(27-20(21)25(2)23-24-27)15(14)13-28-19-11-12-26(22-19)17-8-4-5-10-18(17)29-3/h4-12,21H,13H2,1-3H3. The summed E-state index contributed by atoms with van der Waals surface area (Å²) in [7, 11) is 1.69. The summed E-state index contributed by atoms with van der Waals surface area (Å²) in [6.07, 6.45) is 3.94. The van der Waals surface area contributed by atoms with E-state index >= 15 is 0 Å². The fourth-order valence-corrected chi connectivity index (χ4v) is 3.63. The third-order valence-electron chi connectivity index (χ3n) is 4.65. The number of rotatable bonds is 6. The summed E-state index contributed by atoms with van der Waals surface area (Å²) in [4.78, 5) is 1.14. The summed E-state index contributed by atoms with van der Waals surface area (Å²) in [6, 6.07) is 15.8. The third kappa shape index (κ3) is 3.68. The molecule has 0 saturated heterocycles. The molecule has 2 heterocycles. The van der Waals surface area contributed by atoms with Gasteiger partial charge < -0.3 is 4.74 Å². The van der Waals surface area contributed by atoms with Gasteiger partial charge in [0, 0.05) is 29.8 Å². The van der Waals surface area contributed by atoms with Crippen LogP contribution in [0.2, 0.25) is 0 Å². The molecule has 0 spiro atoms. The second kappa shape index (κ2) is 7.96. The minimum Gasteiger partial charge on any atom is -0.472 e. The zero-order chi connectivity index (χ0) is 20.4. The van der Waals surface area contributed by atoms with Crippen LogP contribution in [0.3, 0.4) is 0 Å². The molecular weight excluding hydrogens is 386 g/mol. The number of benzene rings is 2. The highest BCUT2D eigenvalue weighted by molar-refractivity contribution is 7.98. The predicted molar refractivity (Wildman–Crippen MR) is 111 cm³/mol. The second-order valence-corrected chi connectivity index (χ2v) is 7.32. The molecule has 0 aliphatic carbocycles. The molecule has 0 bridgehead atoms. The van der Waals surface area contributed by atoms with Crippen molar-refractivity contribution in [3.63, 3.8) is 0 Å². The Labute approximate surface area is 172 Å². The summed E-state index contributed by atoms with van der Waals surface area (Å²) >= 11 is 1.68. The van der Waals surface area contributed by atoms with Crippen LogP contribution in [0.4, 0.5) is 0 Å². The van der Waals surface area contributed by atoms with E-state index in [0.29, 0.717) is 12.5 Å². The molecule has 0 aliphatic heterocycles. The van der Waals surface area contributed by atoms with Crippen LogP contribution in [0.1, 0.15) is 11.1 Å². The lowest BCUT2D eigenvalue weighted by atomic mass is 10.1. The van der Waals surface area contributed by atoms with Crippen molar-refractivity contribution < 1.29 is 4.74 Å². The van der Waals surface area contributed by atoms with Gasteiger partial charge in [0.05, 0.1) is 11.4 Å². The van der Waals surface area contributed by atoms with Crippen LogP contribution in [-0.4, -0.2) is 35.8 Å². The Hall–Kier alpha value is -3.33. The van der Waals surface area contributed by atoms with Crippen molar-refractivity contribution in [3.05, 3.63) is 71.5 Å². The average Bonchev–Trinajstić information content (AvgIpc) is 3.34. The van der Waals surface area contributed by atoms with E-state index in [2.05, 4.69) is 21.6 Å². The Morgan fingerprint density at radius 3 is 2.59 bits per heavy atom. The number of nitrogens with zero attached hydrogens (tertiary/aromatic N) is 6. The number of tetrazole rings is 1. The van der Waals surface area contributed by atoms with Gasteiger partial charge in [-0.25, -0.2) is 9.36 Å². The highest BCUT2D eigenvalue weighted by atomic mass is 32.2. The third-order valence-corrected chi connectivity index (χ3v) is 5.43. The molecular formula is C20H21N7OS. The number of aryl methyl sites for hydroxylation is 2. The van der Waals surface area contributed by atoms with Crippen molar-refractivity contribution in [2.75, 3.05) is 6.26 Å². The molecule has 2 aromatic heterocycles. The lowest BCUT2D eigenvalue weighted by molar-refractivity contribution is 0.290. The van der Waals surface area contributed by atoms with Crippen LogP contribution in [0.25, 0.3) is 11.4 Å². The molecule has 1 N–H and O–H groups in total. The minimum atomic E-state index is 0.190. The quantitative estimate of drug-likeness (QED) is 0.497. The van der Waals surface area contributed by atoms with Gasteiger partial charge in [0.15, 0.2) is 0 Å². The van der Waals surface area contributed by atoms with Crippen molar-refractivity contribution >= 4 is 11.8 Å². The number of hydrogen-bond acceptors (Lipinski definition) is 6. The van der Waals surface area contributed by atoms with Crippen molar-refractivity contribution in [2.45, 2.75) is 18.4 Å². The Morgan fingerprint density at radius 2 is 1.83 bits per heavy atom. The molecule has 0 unspecified atom stereocenters. The maximum absolute atomic E-state index is 8.16. The number of hydrogen-bond donors (Lipinski definition) is 1. The zero-order valence-electron chi connectivity index (χ0n) is 16.4. The molecule has 4 aromatic rings. The number of nitrogens with one attached hydrogen (secondary N) is 1. The lowest BCUT2D eigenvalue weighted by Crippen LogP contribution is -2.23. The molecule has 148 valence electrons. The first-order valence-electron chi connectivity index (χ1n) is 9.03. The average molecular weight is 408 g/mol. The van der Waals surface area contributed by atoms with E-state index in [-0.39, 0.29) is 5.62 Å². The van der Waals surface area contributed by atoms with Gasteiger partial charge in [0.1, 0.15) is 6.61 Å². The maximum Gasteiger partial charge on any atom is 0.243 e. The predicted octanol–water partition coefficient (Wildman–Crippen LogP) is 2.88. The molecule has 2 aromatic carbocycles. The largest absolute Gasteiger partial charge is 0.472 e.